The van der Waals surface area contributed by atoms with Crippen LogP contribution in [0, 0.1) is 6.92 Å². The van der Waals surface area contributed by atoms with Crippen molar-refractivity contribution in [1.82, 2.24) is 19.7 Å². The van der Waals surface area contributed by atoms with Gasteiger partial charge in [0, 0.05) is 47.6 Å². The highest BCUT2D eigenvalue weighted by Gasteiger charge is 2.38. The number of carbonyl (C=O) groups excluding carboxylic acids is 1. The van der Waals surface area contributed by atoms with E-state index in [0.717, 1.165) is 22.6 Å². The average molecular weight is 333 g/mol. The van der Waals surface area contributed by atoms with Crippen molar-refractivity contribution in [2.75, 3.05) is 5.32 Å². The molecule has 6 nitrogen and oxygen atoms in total. The van der Waals surface area contributed by atoms with Crippen LogP contribution in [0.3, 0.4) is 0 Å². The summed E-state index contributed by atoms with van der Waals surface area (Å²) in [5.41, 5.74) is 4.57. The Hall–Kier alpha value is -2.89. The zero-order valence-corrected chi connectivity index (χ0v) is 14.0. The zero-order chi connectivity index (χ0) is 17.0. The van der Waals surface area contributed by atoms with Gasteiger partial charge in [-0.25, -0.2) is 4.98 Å². The van der Waals surface area contributed by atoms with Gasteiger partial charge in [-0.2, -0.15) is 5.10 Å². The molecular weight excluding hydrogens is 314 g/mol. The van der Waals surface area contributed by atoms with Crippen molar-refractivity contribution in [3.8, 4) is 5.82 Å². The zero-order valence-electron chi connectivity index (χ0n) is 14.0. The summed E-state index contributed by atoms with van der Waals surface area (Å²) in [5.74, 6) is 2.12. The standard InChI is InChI=1S/C19H19N5O/c1-11-6-7-20-15(9-11)24-8-2-3-14(24)13-10-16(25)21-19-17(13)18(22-23-19)12-4-5-12/h2-3,6-9,12-13H,4-5,10H2,1H3,(H2,21,22,23,25). The fourth-order valence-corrected chi connectivity index (χ4v) is 3.76. The molecule has 1 unspecified atom stereocenters. The highest BCUT2D eigenvalue weighted by Crippen LogP contribution is 2.47. The predicted molar refractivity (Wildman–Crippen MR) is 94.0 cm³/mol. The van der Waals surface area contributed by atoms with Gasteiger partial charge in [0.1, 0.15) is 5.82 Å². The number of aromatic amines is 1. The molecule has 1 aliphatic carbocycles. The number of aryl methyl sites for hydroxylation is 1. The molecule has 1 amide bonds. The van der Waals surface area contributed by atoms with Gasteiger partial charge >= 0.3 is 0 Å². The van der Waals surface area contributed by atoms with Gasteiger partial charge in [-0.05, 0) is 49.6 Å². The summed E-state index contributed by atoms with van der Waals surface area (Å²) in [6.45, 7) is 2.06. The van der Waals surface area contributed by atoms with Gasteiger partial charge in [-0.3, -0.25) is 9.89 Å². The minimum absolute atomic E-state index is 0.00425. The number of aromatic nitrogens is 4. The molecule has 3 aromatic heterocycles. The van der Waals surface area contributed by atoms with Crippen molar-refractivity contribution in [2.45, 2.75) is 38.0 Å². The van der Waals surface area contributed by atoms with Crippen LogP contribution in [0.2, 0.25) is 0 Å². The normalized spacial score (nSPS) is 19.6. The number of hydrogen-bond donors (Lipinski definition) is 2. The number of amides is 1. The van der Waals surface area contributed by atoms with E-state index < -0.39 is 0 Å². The Kier molecular flexibility index (Phi) is 3.07. The van der Waals surface area contributed by atoms with Crippen molar-refractivity contribution in [1.29, 1.82) is 0 Å². The van der Waals surface area contributed by atoms with Crippen molar-refractivity contribution in [2.24, 2.45) is 0 Å². The molecule has 0 saturated heterocycles. The maximum Gasteiger partial charge on any atom is 0.226 e. The third kappa shape index (κ3) is 2.36. The molecule has 1 fully saturated rings. The highest BCUT2D eigenvalue weighted by atomic mass is 16.1. The number of carbonyl (C=O) groups is 1. The molecule has 4 heterocycles. The quantitative estimate of drug-likeness (QED) is 0.772. The molecule has 1 saturated carbocycles. The maximum absolute atomic E-state index is 12.2. The summed E-state index contributed by atoms with van der Waals surface area (Å²) in [7, 11) is 0. The number of fused-ring (bicyclic) bond motifs is 1. The fourth-order valence-electron chi connectivity index (χ4n) is 3.76. The first kappa shape index (κ1) is 14.5. The second kappa shape index (κ2) is 5.31. The molecule has 6 heteroatoms. The van der Waals surface area contributed by atoms with E-state index >= 15 is 0 Å². The van der Waals surface area contributed by atoms with Gasteiger partial charge in [0.15, 0.2) is 5.82 Å². The summed E-state index contributed by atoms with van der Waals surface area (Å²) in [4.78, 5) is 16.7. The number of pyridine rings is 1. The molecule has 0 bridgehead atoms. The van der Waals surface area contributed by atoms with Crippen LogP contribution in [0.4, 0.5) is 5.82 Å². The van der Waals surface area contributed by atoms with Gasteiger partial charge in [0.05, 0.1) is 0 Å². The van der Waals surface area contributed by atoms with Gasteiger partial charge in [0.25, 0.3) is 0 Å². The van der Waals surface area contributed by atoms with E-state index in [1.807, 2.05) is 24.5 Å². The highest BCUT2D eigenvalue weighted by molar-refractivity contribution is 5.94. The molecule has 2 aliphatic rings. The van der Waals surface area contributed by atoms with E-state index in [9.17, 15) is 4.79 Å². The Labute approximate surface area is 145 Å². The lowest BCUT2D eigenvalue weighted by atomic mass is 9.88. The summed E-state index contributed by atoms with van der Waals surface area (Å²) < 4.78 is 2.09. The third-order valence-electron chi connectivity index (χ3n) is 5.10. The Balaban J connectivity index is 1.65. The maximum atomic E-state index is 12.2. The molecule has 1 atom stereocenters. The molecule has 5 rings (SSSR count). The largest absolute Gasteiger partial charge is 0.309 e. The van der Waals surface area contributed by atoms with Crippen LogP contribution in [0.1, 0.15) is 53.6 Å². The Morgan fingerprint density at radius 3 is 2.96 bits per heavy atom. The lowest BCUT2D eigenvalue weighted by molar-refractivity contribution is -0.116. The fraction of sp³-hybridized carbons (Fsp3) is 0.316. The van der Waals surface area contributed by atoms with Crippen molar-refractivity contribution in [3.05, 3.63) is 59.2 Å². The average Bonchev–Trinajstić information content (AvgIpc) is 3.17. The molecule has 0 aromatic carbocycles. The minimum Gasteiger partial charge on any atom is -0.309 e. The van der Waals surface area contributed by atoms with Crippen LogP contribution in [0.5, 0.6) is 0 Å². The monoisotopic (exact) mass is 333 g/mol. The number of hydrogen-bond acceptors (Lipinski definition) is 3. The Bertz CT molecular complexity index is 966. The van der Waals surface area contributed by atoms with E-state index in [1.54, 1.807) is 0 Å². The molecule has 1 aliphatic heterocycles. The van der Waals surface area contributed by atoms with Crippen LogP contribution in [-0.2, 0) is 4.79 Å². The number of nitrogens with one attached hydrogen (secondary N) is 2. The predicted octanol–water partition coefficient (Wildman–Crippen LogP) is 3.26. The van der Waals surface area contributed by atoms with Crippen molar-refractivity contribution < 1.29 is 4.79 Å². The van der Waals surface area contributed by atoms with E-state index in [0.29, 0.717) is 18.2 Å². The second-order valence-electron chi connectivity index (χ2n) is 6.97. The van der Waals surface area contributed by atoms with E-state index in [1.165, 1.54) is 18.5 Å². The van der Waals surface area contributed by atoms with E-state index in [-0.39, 0.29) is 11.8 Å². The van der Waals surface area contributed by atoms with E-state index in [2.05, 4.69) is 44.1 Å². The third-order valence-corrected chi connectivity index (χ3v) is 5.10. The molecule has 3 aromatic rings. The first-order valence-corrected chi connectivity index (χ1v) is 8.69. The van der Waals surface area contributed by atoms with Crippen LogP contribution in [0.15, 0.2) is 36.7 Å². The Morgan fingerprint density at radius 1 is 1.28 bits per heavy atom. The van der Waals surface area contributed by atoms with E-state index in [4.69, 9.17) is 0 Å². The molecule has 0 spiro atoms. The van der Waals surface area contributed by atoms with Crippen molar-refractivity contribution >= 4 is 11.7 Å². The first-order valence-electron chi connectivity index (χ1n) is 8.69. The summed E-state index contributed by atoms with van der Waals surface area (Å²) in [6.07, 6.45) is 6.65. The first-order chi connectivity index (χ1) is 12.2. The van der Waals surface area contributed by atoms with Crippen LogP contribution >= 0.6 is 0 Å². The Morgan fingerprint density at radius 2 is 2.16 bits per heavy atom. The SMILES string of the molecule is Cc1ccnc(-n2cccc2C2CC(=O)Nc3n[nH]c(C4CC4)c32)c1. The van der Waals surface area contributed by atoms with Gasteiger partial charge in [-0.1, -0.05) is 0 Å². The topological polar surface area (TPSA) is 75.6 Å². The lowest BCUT2D eigenvalue weighted by Gasteiger charge is -2.24. The van der Waals surface area contributed by atoms with Crippen LogP contribution in [0.25, 0.3) is 5.82 Å². The van der Waals surface area contributed by atoms with Crippen LogP contribution < -0.4 is 5.32 Å². The number of nitrogens with zero attached hydrogens (tertiary/aromatic N) is 3. The second-order valence-corrected chi connectivity index (χ2v) is 6.97. The molecule has 0 radical (unpaired) electrons. The molecule has 126 valence electrons. The molecule has 25 heavy (non-hydrogen) atoms. The molecular formula is C19H19N5O. The minimum atomic E-state index is -0.00425. The number of anilines is 1. The number of H-pyrrole nitrogens is 1. The smallest absolute Gasteiger partial charge is 0.226 e. The van der Waals surface area contributed by atoms with Gasteiger partial charge < -0.3 is 9.88 Å². The van der Waals surface area contributed by atoms with Gasteiger partial charge in [0.2, 0.25) is 5.91 Å². The van der Waals surface area contributed by atoms with Crippen LogP contribution in [-0.4, -0.2) is 25.7 Å². The summed E-state index contributed by atoms with van der Waals surface area (Å²) in [5, 5.41) is 10.4. The number of rotatable bonds is 3. The summed E-state index contributed by atoms with van der Waals surface area (Å²) in [6, 6.07) is 8.15. The summed E-state index contributed by atoms with van der Waals surface area (Å²) >= 11 is 0. The van der Waals surface area contributed by atoms with Crippen molar-refractivity contribution in [3.63, 3.8) is 0 Å². The molecule has 2 N–H and O–H groups in total. The van der Waals surface area contributed by atoms with Gasteiger partial charge in [-0.15, -0.1) is 0 Å². The lowest BCUT2D eigenvalue weighted by Crippen LogP contribution is -2.25.